The molecule has 2 heterocycles. The average molecular weight is 425 g/mol. The van der Waals surface area contributed by atoms with Crippen LogP contribution in [0.25, 0.3) is 0 Å². The normalized spacial score (nSPS) is 19.9. The number of halogens is 1. The van der Waals surface area contributed by atoms with E-state index in [0.717, 1.165) is 37.7 Å². The number of hydrogen-bond acceptors (Lipinski definition) is 6. The van der Waals surface area contributed by atoms with Crippen LogP contribution < -0.4 is 10.9 Å². The lowest BCUT2D eigenvalue weighted by Gasteiger charge is -2.17. The van der Waals surface area contributed by atoms with E-state index in [4.69, 9.17) is 4.52 Å². The fourth-order valence-corrected chi connectivity index (χ4v) is 5.27. The predicted molar refractivity (Wildman–Crippen MR) is 108 cm³/mol. The van der Waals surface area contributed by atoms with Gasteiger partial charge in [-0.1, -0.05) is 30.1 Å². The molecule has 2 atom stereocenters. The van der Waals surface area contributed by atoms with E-state index in [-0.39, 0.29) is 16.8 Å². The van der Waals surface area contributed by atoms with Gasteiger partial charge in [-0.05, 0) is 50.8 Å². The Morgan fingerprint density at radius 2 is 2.03 bits per heavy atom. The minimum absolute atomic E-state index is 0.113. The van der Waals surface area contributed by atoms with E-state index < -0.39 is 10.0 Å². The second-order valence-electron chi connectivity index (χ2n) is 7.66. The van der Waals surface area contributed by atoms with E-state index in [0.29, 0.717) is 24.0 Å². The van der Waals surface area contributed by atoms with Crippen LogP contribution in [-0.2, 0) is 10.0 Å². The standard InChI is InChI=1S/C20H29FN4O3S/c1-14-20(15(2)28-24-14)29(26,27)25(3)11-6-4-5-10-18-13-19(23-22-18)16-8-7-9-17(21)12-16/h7-9,12,18-19,22-23H,4-6,10-11,13H2,1-3H3. The third-order valence-corrected chi connectivity index (χ3v) is 7.50. The van der Waals surface area contributed by atoms with Gasteiger partial charge in [-0.25, -0.2) is 17.1 Å². The fraction of sp³-hybridized carbons (Fsp3) is 0.550. The molecule has 1 saturated heterocycles. The van der Waals surface area contributed by atoms with Crippen molar-refractivity contribution in [2.45, 2.75) is 62.9 Å². The molecule has 9 heteroatoms. The summed E-state index contributed by atoms with van der Waals surface area (Å²) in [6.45, 7) is 3.70. The van der Waals surface area contributed by atoms with Gasteiger partial charge in [0.15, 0.2) is 5.76 Å². The van der Waals surface area contributed by atoms with Gasteiger partial charge in [0.2, 0.25) is 10.0 Å². The van der Waals surface area contributed by atoms with Gasteiger partial charge in [0.25, 0.3) is 0 Å². The van der Waals surface area contributed by atoms with Crippen LogP contribution in [0.2, 0.25) is 0 Å². The summed E-state index contributed by atoms with van der Waals surface area (Å²) in [6.07, 6.45) is 4.61. The third-order valence-electron chi connectivity index (χ3n) is 5.39. The van der Waals surface area contributed by atoms with Crippen LogP contribution in [0.5, 0.6) is 0 Å². The summed E-state index contributed by atoms with van der Waals surface area (Å²) in [5.41, 5.74) is 7.86. The lowest BCUT2D eigenvalue weighted by molar-refractivity contribution is 0.389. The molecule has 29 heavy (non-hydrogen) atoms. The summed E-state index contributed by atoms with van der Waals surface area (Å²) in [6, 6.07) is 7.12. The van der Waals surface area contributed by atoms with Crippen molar-refractivity contribution in [1.29, 1.82) is 0 Å². The van der Waals surface area contributed by atoms with Crippen LogP contribution in [0.3, 0.4) is 0 Å². The van der Waals surface area contributed by atoms with E-state index in [2.05, 4.69) is 16.0 Å². The van der Waals surface area contributed by atoms with E-state index >= 15 is 0 Å². The first-order valence-electron chi connectivity index (χ1n) is 9.94. The van der Waals surface area contributed by atoms with Gasteiger partial charge in [-0.2, -0.15) is 0 Å². The van der Waals surface area contributed by atoms with E-state index in [9.17, 15) is 12.8 Å². The van der Waals surface area contributed by atoms with Gasteiger partial charge in [-0.3, -0.25) is 10.9 Å². The zero-order valence-electron chi connectivity index (χ0n) is 17.1. The molecule has 0 spiro atoms. The number of unbranched alkanes of at least 4 members (excludes halogenated alkanes) is 2. The van der Waals surface area contributed by atoms with Crippen LogP contribution in [0, 0.1) is 19.7 Å². The summed E-state index contributed by atoms with van der Waals surface area (Å²) in [4.78, 5) is 0.171. The van der Waals surface area contributed by atoms with Crippen LogP contribution >= 0.6 is 0 Å². The minimum atomic E-state index is -3.58. The smallest absolute Gasteiger partial charge is 0.248 e. The summed E-state index contributed by atoms with van der Waals surface area (Å²) < 4.78 is 45.1. The fourth-order valence-electron chi connectivity index (χ4n) is 3.77. The van der Waals surface area contributed by atoms with Crippen molar-refractivity contribution in [3.63, 3.8) is 0 Å². The number of hydrogen-bond donors (Lipinski definition) is 2. The second-order valence-corrected chi connectivity index (χ2v) is 9.64. The van der Waals surface area contributed by atoms with Crippen molar-refractivity contribution in [3.8, 4) is 0 Å². The molecule has 7 nitrogen and oxygen atoms in total. The van der Waals surface area contributed by atoms with Crippen LogP contribution in [0.4, 0.5) is 4.39 Å². The number of aromatic nitrogens is 1. The molecule has 2 unspecified atom stereocenters. The lowest BCUT2D eigenvalue weighted by atomic mass is 9.99. The Morgan fingerprint density at radius 1 is 1.24 bits per heavy atom. The summed E-state index contributed by atoms with van der Waals surface area (Å²) in [5.74, 6) is 0.102. The van der Waals surface area contributed by atoms with Gasteiger partial charge >= 0.3 is 0 Å². The van der Waals surface area contributed by atoms with Crippen molar-refractivity contribution in [3.05, 3.63) is 47.1 Å². The number of aryl methyl sites for hydroxylation is 2. The highest BCUT2D eigenvalue weighted by molar-refractivity contribution is 7.89. The van der Waals surface area contributed by atoms with Gasteiger partial charge in [0, 0.05) is 25.7 Å². The number of sulfonamides is 1. The Morgan fingerprint density at radius 3 is 2.72 bits per heavy atom. The number of nitrogens with one attached hydrogen (secondary N) is 2. The number of nitrogens with zero attached hydrogens (tertiary/aromatic N) is 2. The molecule has 0 aliphatic carbocycles. The van der Waals surface area contributed by atoms with Crippen LogP contribution in [-0.4, -0.2) is 37.5 Å². The Kier molecular flexibility index (Phi) is 7.05. The quantitative estimate of drug-likeness (QED) is 0.601. The molecular formula is C20H29FN4O3S. The molecule has 2 N–H and O–H groups in total. The monoisotopic (exact) mass is 424 g/mol. The first kappa shape index (κ1) is 21.9. The highest BCUT2D eigenvalue weighted by Gasteiger charge is 2.28. The SMILES string of the molecule is Cc1noc(C)c1S(=O)(=O)N(C)CCCCCC1CC(c2cccc(F)c2)NN1. The van der Waals surface area contributed by atoms with Gasteiger partial charge < -0.3 is 4.52 Å². The van der Waals surface area contributed by atoms with Crippen molar-refractivity contribution < 1.29 is 17.3 Å². The van der Waals surface area contributed by atoms with Crippen LogP contribution in [0.15, 0.2) is 33.7 Å². The highest BCUT2D eigenvalue weighted by Crippen LogP contribution is 2.25. The predicted octanol–water partition coefficient (Wildman–Crippen LogP) is 3.22. The number of rotatable bonds is 9. The Balaban J connectivity index is 1.39. The first-order chi connectivity index (χ1) is 13.8. The Bertz CT molecular complexity index is 912. The maximum atomic E-state index is 13.4. The molecule has 2 aromatic rings. The topological polar surface area (TPSA) is 87.5 Å². The molecule has 1 aliphatic rings. The molecule has 1 aromatic carbocycles. The molecule has 0 bridgehead atoms. The maximum Gasteiger partial charge on any atom is 0.248 e. The Labute approximate surface area is 171 Å². The summed E-state index contributed by atoms with van der Waals surface area (Å²) in [7, 11) is -1.99. The molecule has 0 radical (unpaired) electrons. The van der Waals surface area contributed by atoms with Gasteiger partial charge in [0.1, 0.15) is 16.4 Å². The van der Waals surface area contributed by atoms with E-state index in [1.807, 2.05) is 6.07 Å². The minimum Gasteiger partial charge on any atom is -0.360 e. The van der Waals surface area contributed by atoms with E-state index in [1.54, 1.807) is 33.0 Å². The zero-order chi connectivity index (χ0) is 21.0. The molecule has 0 amide bonds. The highest BCUT2D eigenvalue weighted by atomic mass is 32.2. The molecule has 3 rings (SSSR count). The summed E-state index contributed by atoms with van der Waals surface area (Å²) >= 11 is 0. The molecule has 0 saturated carbocycles. The summed E-state index contributed by atoms with van der Waals surface area (Å²) in [5, 5.41) is 3.74. The second kappa shape index (κ2) is 9.34. The molecule has 160 valence electrons. The van der Waals surface area contributed by atoms with Crippen molar-refractivity contribution in [1.82, 2.24) is 20.3 Å². The lowest BCUT2D eigenvalue weighted by Crippen LogP contribution is -2.31. The van der Waals surface area contributed by atoms with Crippen molar-refractivity contribution in [2.75, 3.05) is 13.6 Å². The van der Waals surface area contributed by atoms with Crippen molar-refractivity contribution in [2.24, 2.45) is 0 Å². The molecule has 1 aromatic heterocycles. The van der Waals surface area contributed by atoms with E-state index in [1.165, 1.54) is 10.4 Å². The average Bonchev–Trinajstić information content (AvgIpc) is 3.28. The number of benzene rings is 1. The number of hydrazine groups is 1. The third kappa shape index (κ3) is 5.22. The zero-order valence-corrected chi connectivity index (χ0v) is 17.9. The van der Waals surface area contributed by atoms with Gasteiger partial charge in [0.05, 0.1) is 0 Å². The molecule has 1 fully saturated rings. The molecule has 1 aliphatic heterocycles. The van der Waals surface area contributed by atoms with Gasteiger partial charge in [-0.15, -0.1) is 0 Å². The largest absolute Gasteiger partial charge is 0.360 e. The first-order valence-corrected chi connectivity index (χ1v) is 11.4. The Hall–Kier alpha value is -1.81. The van der Waals surface area contributed by atoms with Crippen LogP contribution in [0.1, 0.15) is 55.2 Å². The molecular weight excluding hydrogens is 395 g/mol. The van der Waals surface area contributed by atoms with Crippen molar-refractivity contribution >= 4 is 10.0 Å². The maximum absolute atomic E-state index is 13.4.